The third-order valence-electron chi connectivity index (χ3n) is 2.73. The van der Waals surface area contributed by atoms with Crippen LogP contribution in [0, 0.1) is 11.8 Å². The predicted molar refractivity (Wildman–Crippen MR) is 62.3 cm³/mol. The summed E-state index contributed by atoms with van der Waals surface area (Å²) in [5, 5.41) is 19.6. The Morgan fingerprint density at radius 1 is 1.67 bits per heavy atom. The fraction of sp³-hybridized carbons (Fsp3) is 0.455. The van der Waals surface area contributed by atoms with Crippen LogP contribution in [0.2, 0.25) is 0 Å². The molecule has 7 heteroatoms. The maximum Gasteiger partial charge on any atom is 0.352 e. The minimum atomic E-state index is -1.62. The van der Waals surface area contributed by atoms with Crippen molar-refractivity contribution in [2.75, 3.05) is 12.3 Å². The van der Waals surface area contributed by atoms with E-state index in [-0.39, 0.29) is 12.4 Å². The Hall–Kier alpha value is -1.88. The molecule has 96 valence electrons. The zero-order valence-corrected chi connectivity index (χ0v) is 9.70. The first-order valence-corrected chi connectivity index (χ1v) is 5.31. The van der Waals surface area contributed by atoms with Gasteiger partial charge >= 0.3 is 5.69 Å². The van der Waals surface area contributed by atoms with Crippen LogP contribution in [0.5, 0.6) is 0 Å². The molecule has 0 aromatic carbocycles. The molecule has 4 N–H and O–H groups in total. The van der Waals surface area contributed by atoms with Crippen LogP contribution < -0.4 is 11.4 Å². The normalized spacial score (nSPS) is 30.8. The molecular formula is C11H13N3O4. The van der Waals surface area contributed by atoms with Crippen molar-refractivity contribution in [3.8, 4) is 11.8 Å². The van der Waals surface area contributed by atoms with Gasteiger partial charge in [-0.1, -0.05) is 0 Å². The minimum absolute atomic E-state index is 0.0592. The molecule has 0 unspecified atom stereocenters. The Bertz CT molecular complexity index is 574. The fourth-order valence-electron chi connectivity index (χ4n) is 1.88. The van der Waals surface area contributed by atoms with Crippen molar-refractivity contribution in [2.24, 2.45) is 0 Å². The van der Waals surface area contributed by atoms with Gasteiger partial charge < -0.3 is 20.7 Å². The largest absolute Gasteiger partial charge is 0.388 e. The van der Waals surface area contributed by atoms with E-state index < -0.39 is 23.6 Å². The highest BCUT2D eigenvalue weighted by Crippen LogP contribution is 2.30. The summed E-state index contributed by atoms with van der Waals surface area (Å²) in [6, 6.07) is 1.39. The lowest BCUT2D eigenvalue weighted by molar-refractivity contribution is -0.0802. The molecule has 18 heavy (non-hydrogen) atoms. The highest BCUT2D eigenvalue weighted by atomic mass is 16.6. The summed E-state index contributed by atoms with van der Waals surface area (Å²) in [5.74, 6) is 5.25. The molecule has 7 nitrogen and oxygen atoms in total. The van der Waals surface area contributed by atoms with E-state index in [0.717, 1.165) is 4.57 Å². The van der Waals surface area contributed by atoms with E-state index in [9.17, 15) is 15.0 Å². The number of nitrogen functional groups attached to an aromatic ring is 1. The molecule has 2 heterocycles. The number of nitrogens with zero attached hydrogens (tertiary/aromatic N) is 2. The maximum atomic E-state index is 11.8. The Labute approximate surface area is 103 Å². The van der Waals surface area contributed by atoms with Gasteiger partial charge in [-0.2, -0.15) is 4.98 Å². The van der Waals surface area contributed by atoms with Crippen LogP contribution in [0.25, 0.3) is 0 Å². The number of aliphatic hydroxyl groups is 2. The van der Waals surface area contributed by atoms with Crippen molar-refractivity contribution >= 4 is 5.82 Å². The minimum Gasteiger partial charge on any atom is -0.388 e. The number of hydrogen-bond acceptors (Lipinski definition) is 6. The van der Waals surface area contributed by atoms with Gasteiger partial charge in [0, 0.05) is 6.20 Å². The molecule has 0 saturated carbocycles. The van der Waals surface area contributed by atoms with Crippen LogP contribution >= 0.6 is 0 Å². The summed E-state index contributed by atoms with van der Waals surface area (Å²) in [6.45, 7) is 1.42. The van der Waals surface area contributed by atoms with Gasteiger partial charge in [-0.05, 0) is 18.9 Å². The van der Waals surface area contributed by atoms with Crippen molar-refractivity contribution < 1.29 is 14.9 Å². The van der Waals surface area contributed by atoms with E-state index in [2.05, 4.69) is 16.8 Å². The molecule has 0 amide bonds. The standard InChI is InChI=1S/C11H13N3O4/c1-2-4-11(9(16)7(15)6-18-11)14-5-3-8(12)13-10(14)17/h3,5,7,9,15-16H,6H2,1H3,(H2,12,13,17)/t7-,9-,11-/m1/s1. The monoisotopic (exact) mass is 251 g/mol. The van der Waals surface area contributed by atoms with Crippen LogP contribution in [-0.2, 0) is 10.5 Å². The van der Waals surface area contributed by atoms with Crippen LogP contribution in [-0.4, -0.2) is 38.6 Å². The van der Waals surface area contributed by atoms with E-state index in [1.54, 1.807) is 0 Å². The van der Waals surface area contributed by atoms with E-state index in [0.29, 0.717) is 0 Å². The summed E-state index contributed by atoms with van der Waals surface area (Å²) in [7, 11) is 0. The number of rotatable bonds is 1. The van der Waals surface area contributed by atoms with E-state index >= 15 is 0 Å². The molecule has 0 radical (unpaired) electrons. The van der Waals surface area contributed by atoms with Crippen molar-refractivity contribution in [3.05, 3.63) is 22.7 Å². The first-order chi connectivity index (χ1) is 8.51. The summed E-state index contributed by atoms with van der Waals surface area (Å²) >= 11 is 0. The SMILES string of the molecule is CC#C[C@@]1(n2ccc(N)nc2=O)OC[C@@H](O)[C@H]1O. The second-order valence-electron chi connectivity index (χ2n) is 3.90. The van der Waals surface area contributed by atoms with Gasteiger partial charge in [-0.15, -0.1) is 5.92 Å². The van der Waals surface area contributed by atoms with Gasteiger partial charge in [0.1, 0.15) is 18.0 Å². The van der Waals surface area contributed by atoms with Gasteiger partial charge in [0.2, 0.25) is 5.72 Å². The van der Waals surface area contributed by atoms with Crippen molar-refractivity contribution in [2.45, 2.75) is 24.9 Å². The predicted octanol–water partition coefficient (Wildman–Crippen LogP) is -1.75. The third kappa shape index (κ3) is 1.76. The topological polar surface area (TPSA) is 111 Å². The van der Waals surface area contributed by atoms with Crippen LogP contribution in [0.4, 0.5) is 5.82 Å². The van der Waals surface area contributed by atoms with E-state index in [1.807, 2.05) is 0 Å². The summed E-state index contributed by atoms with van der Waals surface area (Å²) in [5.41, 5.74) is 3.07. The number of aromatic nitrogens is 2. The van der Waals surface area contributed by atoms with Crippen molar-refractivity contribution in [3.63, 3.8) is 0 Å². The number of aliphatic hydroxyl groups excluding tert-OH is 2. The second-order valence-corrected chi connectivity index (χ2v) is 3.90. The molecule has 1 aliphatic heterocycles. The molecule has 1 aliphatic rings. The number of hydrogen-bond donors (Lipinski definition) is 3. The first-order valence-electron chi connectivity index (χ1n) is 5.31. The molecule has 1 aromatic rings. The Balaban J connectivity index is 2.61. The molecule has 1 aromatic heterocycles. The fourth-order valence-corrected chi connectivity index (χ4v) is 1.88. The number of ether oxygens (including phenoxy) is 1. The van der Waals surface area contributed by atoms with Gasteiger partial charge in [-0.25, -0.2) is 4.79 Å². The van der Waals surface area contributed by atoms with Crippen LogP contribution in [0.3, 0.4) is 0 Å². The summed E-state index contributed by atoms with van der Waals surface area (Å²) in [6.07, 6.45) is -1.13. The molecule has 0 aliphatic carbocycles. The maximum absolute atomic E-state index is 11.8. The average Bonchev–Trinajstić information content (AvgIpc) is 2.59. The van der Waals surface area contributed by atoms with Crippen LogP contribution in [0.1, 0.15) is 6.92 Å². The smallest absolute Gasteiger partial charge is 0.352 e. The number of anilines is 1. The zero-order chi connectivity index (χ0) is 13.3. The summed E-state index contributed by atoms with van der Waals surface area (Å²) < 4.78 is 6.35. The molecule has 1 saturated heterocycles. The Morgan fingerprint density at radius 3 is 2.89 bits per heavy atom. The van der Waals surface area contributed by atoms with Gasteiger partial charge in [0.25, 0.3) is 0 Å². The molecule has 0 spiro atoms. The lowest BCUT2D eigenvalue weighted by Crippen LogP contribution is -2.49. The first kappa shape index (κ1) is 12.6. The Kier molecular flexibility index (Phi) is 3.09. The number of nitrogens with two attached hydrogens (primary N) is 1. The highest BCUT2D eigenvalue weighted by Gasteiger charge is 2.50. The summed E-state index contributed by atoms with van der Waals surface area (Å²) in [4.78, 5) is 15.3. The molecule has 1 fully saturated rings. The average molecular weight is 251 g/mol. The van der Waals surface area contributed by atoms with Gasteiger partial charge in [0.05, 0.1) is 6.61 Å². The molecule has 0 bridgehead atoms. The lowest BCUT2D eigenvalue weighted by Gasteiger charge is -2.28. The van der Waals surface area contributed by atoms with Crippen molar-refractivity contribution in [1.82, 2.24) is 9.55 Å². The Morgan fingerprint density at radius 2 is 2.39 bits per heavy atom. The molecule has 3 atom stereocenters. The van der Waals surface area contributed by atoms with E-state index in [1.165, 1.54) is 19.2 Å². The third-order valence-corrected chi connectivity index (χ3v) is 2.73. The molecule has 2 rings (SSSR count). The van der Waals surface area contributed by atoms with Gasteiger partial charge in [0.15, 0.2) is 0 Å². The molecular weight excluding hydrogens is 238 g/mol. The zero-order valence-electron chi connectivity index (χ0n) is 9.70. The van der Waals surface area contributed by atoms with Gasteiger partial charge in [-0.3, -0.25) is 4.57 Å². The van der Waals surface area contributed by atoms with E-state index in [4.69, 9.17) is 10.5 Å². The highest BCUT2D eigenvalue weighted by molar-refractivity contribution is 5.26. The lowest BCUT2D eigenvalue weighted by atomic mass is 10.1. The van der Waals surface area contributed by atoms with Crippen LogP contribution in [0.15, 0.2) is 17.1 Å². The second kappa shape index (κ2) is 4.42. The van der Waals surface area contributed by atoms with Crippen molar-refractivity contribution in [1.29, 1.82) is 0 Å². The quantitative estimate of drug-likeness (QED) is 0.511.